The molecule has 18 heavy (non-hydrogen) atoms. The summed E-state index contributed by atoms with van der Waals surface area (Å²) in [5.41, 5.74) is 5.67. The largest absolute Gasteiger partial charge is 0.368 e. The molecule has 0 bridgehead atoms. The molecule has 0 aromatic carbocycles. The van der Waals surface area contributed by atoms with Gasteiger partial charge in [-0.15, -0.1) is 0 Å². The zero-order valence-electron chi connectivity index (χ0n) is 11.1. The number of piperazine rings is 1. The number of nitrogen functional groups attached to an aromatic ring is 1. The van der Waals surface area contributed by atoms with E-state index in [1.54, 1.807) is 6.07 Å². The molecule has 2 rings (SSSR count). The van der Waals surface area contributed by atoms with E-state index in [1.807, 2.05) is 0 Å². The van der Waals surface area contributed by atoms with E-state index in [4.69, 9.17) is 17.3 Å². The van der Waals surface area contributed by atoms with Crippen molar-refractivity contribution in [1.29, 1.82) is 0 Å². The maximum Gasteiger partial charge on any atom is 0.223 e. The van der Waals surface area contributed by atoms with Crippen LogP contribution in [0.4, 0.5) is 11.8 Å². The summed E-state index contributed by atoms with van der Waals surface area (Å²) in [6.07, 6.45) is 0. The minimum absolute atomic E-state index is 0.235. The molecule has 0 saturated carbocycles. The van der Waals surface area contributed by atoms with Crippen molar-refractivity contribution in [3.05, 3.63) is 11.2 Å². The fourth-order valence-corrected chi connectivity index (χ4v) is 2.56. The molecule has 100 valence electrons. The molecule has 1 unspecified atom stereocenters. The molecular weight excluding hydrogens is 250 g/mol. The van der Waals surface area contributed by atoms with Gasteiger partial charge in [-0.1, -0.05) is 25.4 Å². The Labute approximate surface area is 113 Å². The van der Waals surface area contributed by atoms with Gasteiger partial charge in [-0.2, -0.15) is 4.98 Å². The van der Waals surface area contributed by atoms with Gasteiger partial charge in [-0.05, 0) is 13.0 Å². The van der Waals surface area contributed by atoms with Gasteiger partial charge in [0.2, 0.25) is 5.95 Å². The fourth-order valence-electron chi connectivity index (χ4n) is 2.38. The Morgan fingerprint density at radius 2 is 2.11 bits per heavy atom. The third kappa shape index (κ3) is 2.84. The summed E-state index contributed by atoms with van der Waals surface area (Å²) in [4.78, 5) is 12.8. The molecular formula is C12H20ClN5. The number of hydrogen-bond acceptors (Lipinski definition) is 5. The molecule has 1 aromatic heterocycles. The van der Waals surface area contributed by atoms with E-state index in [0.29, 0.717) is 17.1 Å². The zero-order chi connectivity index (χ0) is 13.3. The van der Waals surface area contributed by atoms with Crippen molar-refractivity contribution >= 4 is 23.4 Å². The van der Waals surface area contributed by atoms with Gasteiger partial charge >= 0.3 is 0 Å². The number of anilines is 2. The Hall–Kier alpha value is -1.07. The van der Waals surface area contributed by atoms with Crippen molar-refractivity contribution in [3.63, 3.8) is 0 Å². The maximum absolute atomic E-state index is 5.96. The summed E-state index contributed by atoms with van der Waals surface area (Å²) in [6, 6.07) is 2.22. The lowest BCUT2D eigenvalue weighted by atomic mass is 10.00. The number of hydrogen-bond donors (Lipinski definition) is 1. The van der Waals surface area contributed by atoms with E-state index in [2.05, 4.69) is 40.7 Å². The number of likely N-dealkylation sites (N-methyl/N-ethyl adjacent to an activating group) is 1. The highest BCUT2D eigenvalue weighted by Crippen LogP contribution is 2.24. The molecule has 1 fully saturated rings. The SMILES string of the molecule is CC(C)C1CN(C)CCN1c1cc(Cl)nc(N)n1. The van der Waals surface area contributed by atoms with Gasteiger partial charge < -0.3 is 15.5 Å². The lowest BCUT2D eigenvalue weighted by Crippen LogP contribution is -2.54. The number of aromatic nitrogens is 2. The van der Waals surface area contributed by atoms with Crippen molar-refractivity contribution in [2.75, 3.05) is 37.3 Å². The first-order chi connectivity index (χ1) is 8.47. The normalized spacial score (nSPS) is 21.6. The van der Waals surface area contributed by atoms with Crippen LogP contribution in [0.25, 0.3) is 0 Å². The second kappa shape index (κ2) is 5.28. The van der Waals surface area contributed by atoms with Crippen LogP contribution < -0.4 is 10.6 Å². The zero-order valence-corrected chi connectivity index (χ0v) is 11.9. The Morgan fingerprint density at radius 3 is 2.72 bits per heavy atom. The average molecular weight is 270 g/mol. The van der Waals surface area contributed by atoms with Gasteiger partial charge in [-0.25, -0.2) is 4.98 Å². The van der Waals surface area contributed by atoms with Gasteiger partial charge in [0.25, 0.3) is 0 Å². The van der Waals surface area contributed by atoms with Gasteiger partial charge in [-0.3, -0.25) is 0 Å². The Balaban J connectivity index is 2.29. The van der Waals surface area contributed by atoms with Crippen LogP contribution in [0.1, 0.15) is 13.8 Å². The topological polar surface area (TPSA) is 58.3 Å². The van der Waals surface area contributed by atoms with E-state index in [1.165, 1.54) is 0 Å². The standard InChI is InChI=1S/C12H20ClN5/c1-8(2)9-7-17(3)4-5-18(9)11-6-10(13)15-12(14)16-11/h6,8-9H,4-5,7H2,1-3H3,(H2,14,15,16). The number of nitrogens with two attached hydrogens (primary N) is 1. The highest BCUT2D eigenvalue weighted by molar-refractivity contribution is 6.29. The molecule has 1 aliphatic rings. The van der Waals surface area contributed by atoms with Crippen molar-refractivity contribution in [1.82, 2.24) is 14.9 Å². The molecule has 1 saturated heterocycles. The van der Waals surface area contributed by atoms with Crippen LogP contribution in [-0.4, -0.2) is 47.6 Å². The summed E-state index contributed by atoms with van der Waals surface area (Å²) in [5, 5.41) is 0.402. The first-order valence-corrected chi connectivity index (χ1v) is 6.60. The molecule has 0 aliphatic carbocycles. The number of nitrogens with zero attached hydrogens (tertiary/aromatic N) is 4. The van der Waals surface area contributed by atoms with Crippen LogP contribution in [0.5, 0.6) is 0 Å². The average Bonchev–Trinajstić information content (AvgIpc) is 2.27. The molecule has 0 radical (unpaired) electrons. The van der Waals surface area contributed by atoms with Crippen molar-refractivity contribution in [2.45, 2.75) is 19.9 Å². The highest BCUT2D eigenvalue weighted by atomic mass is 35.5. The van der Waals surface area contributed by atoms with Gasteiger partial charge in [0.1, 0.15) is 11.0 Å². The molecule has 1 aromatic rings. The molecule has 2 heterocycles. The second-order valence-corrected chi connectivity index (χ2v) is 5.56. The van der Waals surface area contributed by atoms with E-state index < -0.39 is 0 Å². The third-order valence-corrected chi connectivity index (χ3v) is 3.58. The highest BCUT2D eigenvalue weighted by Gasteiger charge is 2.28. The van der Waals surface area contributed by atoms with E-state index in [-0.39, 0.29) is 5.95 Å². The lowest BCUT2D eigenvalue weighted by molar-refractivity contribution is 0.236. The Kier molecular flexibility index (Phi) is 3.92. The lowest BCUT2D eigenvalue weighted by Gasteiger charge is -2.42. The van der Waals surface area contributed by atoms with Crippen LogP contribution in [-0.2, 0) is 0 Å². The summed E-state index contributed by atoms with van der Waals surface area (Å²) in [5.74, 6) is 1.61. The molecule has 1 aliphatic heterocycles. The van der Waals surface area contributed by atoms with E-state index >= 15 is 0 Å². The van der Waals surface area contributed by atoms with Crippen LogP contribution in [0.15, 0.2) is 6.07 Å². The minimum atomic E-state index is 0.235. The summed E-state index contributed by atoms with van der Waals surface area (Å²) in [6.45, 7) is 7.43. The summed E-state index contributed by atoms with van der Waals surface area (Å²) >= 11 is 5.96. The van der Waals surface area contributed by atoms with Crippen LogP contribution in [0.2, 0.25) is 5.15 Å². The first-order valence-electron chi connectivity index (χ1n) is 6.22. The number of rotatable bonds is 2. The van der Waals surface area contributed by atoms with Crippen LogP contribution >= 0.6 is 11.6 Å². The van der Waals surface area contributed by atoms with Crippen molar-refractivity contribution < 1.29 is 0 Å². The smallest absolute Gasteiger partial charge is 0.223 e. The second-order valence-electron chi connectivity index (χ2n) is 5.17. The van der Waals surface area contributed by atoms with E-state index in [0.717, 1.165) is 25.5 Å². The molecule has 2 N–H and O–H groups in total. The minimum Gasteiger partial charge on any atom is -0.368 e. The van der Waals surface area contributed by atoms with Gasteiger partial charge in [0.05, 0.1) is 0 Å². The quantitative estimate of drug-likeness (QED) is 0.825. The maximum atomic E-state index is 5.96. The van der Waals surface area contributed by atoms with Crippen LogP contribution in [0.3, 0.4) is 0 Å². The molecule has 5 nitrogen and oxygen atoms in total. The fraction of sp³-hybridized carbons (Fsp3) is 0.667. The first kappa shape index (κ1) is 13.4. The summed E-state index contributed by atoms with van der Waals surface area (Å²) in [7, 11) is 2.15. The predicted octanol–water partition coefficient (Wildman–Crippen LogP) is 1.49. The third-order valence-electron chi connectivity index (χ3n) is 3.38. The van der Waals surface area contributed by atoms with Crippen LogP contribution in [0, 0.1) is 5.92 Å². The molecule has 0 spiro atoms. The molecule has 6 heteroatoms. The molecule has 1 atom stereocenters. The predicted molar refractivity (Wildman–Crippen MR) is 74.9 cm³/mol. The van der Waals surface area contributed by atoms with Gasteiger partial charge in [0, 0.05) is 31.7 Å². The van der Waals surface area contributed by atoms with Crippen molar-refractivity contribution in [2.24, 2.45) is 5.92 Å². The van der Waals surface area contributed by atoms with Crippen molar-refractivity contribution in [3.8, 4) is 0 Å². The number of halogens is 1. The van der Waals surface area contributed by atoms with Gasteiger partial charge in [0.15, 0.2) is 0 Å². The monoisotopic (exact) mass is 269 g/mol. The Morgan fingerprint density at radius 1 is 1.39 bits per heavy atom. The summed E-state index contributed by atoms with van der Waals surface area (Å²) < 4.78 is 0. The van der Waals surface area contributed by atoms with E-state index in [9.17, 15) is 0 Å². The molecule has 0 amide bonds. The Bertz CT molecular complexity index is 403.